The molecule has 21 heavy (non-hydrogen) atoms. The number of piperazine rings is 1. The minimum Gasteiger partial charge on any atom is -0.366 e. The molecule has 1 N–H and O–H groups in total. The van der Waals surface area contributed by atoms with Crippen LogP contribution in [0.4, 0.5) is 5.69 Å². The van der Waals surface area contributed by atoms with Crippen molar-refractivity contribution in [2.45, 2.75) is 66.0 Å². The highest BCUT2D eigenvalue weighted by atomic mass is 15.2. The first-order valence-electron chi connectivity index (χ1n) is 8.20. The van der Waals surface area contributed by atoms with Crippen LogP contribution in [0.3, 0.4) is 0 Å². The van der Waals surface area contributed by atoms with Crippen LogP contribution in [-0.2, 0) is 5.41 Å². The normalized spacial score (nSPS) is 24.2. The van der Waals surface area contributed by atoms with Gasteiger partial charge in [0.05, 0.1) is 0 Å². The van der Waals surface area contributed by atoms with Gasteiger partial charge in [-0.1, -0.05) is 59.7 Å². The zero-order chi connectivity index (χ0) is 15.8. The minimum atomic E-state index is 0.179. The van der Waals surface area contributed by atoms with Gasteiger partial charge in [0.1, 0.15) is 0 Å². The standard InChI is InChI=1S/C19H32N2/c1-14-12-20-17(19(5,6)7)13-21(14)16-11-9-8-10-15(16)18(2,3)4/h8-11,14,17,20H,12-13H2,1-7H3. The van der Waals surface area contributed by atoms with Crippen LogP contribution in [0.25, 0.3) is 0 Å². The summed E-state index contributed by atoms with van der Waals surface area (Å²) in [7, 11) is 0. The Balaban J connectivity index is 2.36. The number of hydrogen-bond acceptors (Lipinski definition) is 2. The summed E-state index contributed by atoms with van der Waals surface area (Å²) in [5.41, 5.74) is 3.33. The molecule has 2 nitrogen and oxygen atoms in total. The van der Waals surface area contributed by atoms with Crippen molar-refractivity contribution in [1.82, 2.24) is 5.32 Å². The lowest BCUT2D eigenvalue weighted by atomic mass is 9.82. The first-order chi connectivity index (χ1) is 9.60. The van der Waals surface area contributed by atoms with Crippen LogP contribution < -0.4 is 10.2 Å². The minimum absolute atomic E-state index is 0.179. The third-order valence-corrected chi connectivity index (χ3v) is 4.64. The number of nitrogens with one attached hydrogen (secondary N) is 1. The molecule has 2 unspecified atom stereocenters. The molecular formula is C19H32N2. The van der Waals surface area contributed by atoms with Gasteiger partial charge in [0.15, 0.2) is 0 Å². The van der Waals surface area contributed by atoms with E-state index in [9.17, 15) is 0 Å². The molecule has 1 fully saturated rings. The molecule has 0 saturated carbocycles. The van der Waals surface area contributed by atoms with Gasteiger partial charge in [-0.15, -0.1) is 0 Å². The molecule has 0 amide bonds. The molecule has 2 atom stereocenters. The Morgan fingerprint density at radius 2 is 1.67 bits per heavy atom. The molecule has 0 aliphatic carbocycles. The van der Waals surface area contributed by atoms with Crippen molar-refractivity contribution in [3.8, 4) is 0 Å². The van der Waals surface area contributed by atoms with E-state index in [-0.39, 0.29) is 10.8 Å². The van der Waals surface area contributed by atoms with Crippen LogP contribution in [0.2, 0.25) is 0 Å². The van der Waals surface area contributed by atoms with Gasteiger partial charge in [0.25, 0.3) is 0 Å². The fraction of sp³-hybridized carbons (Fsp3) is 0.684. The van der Waals surface area contributed by atoms with E-state index in [2.05, 4.69) is 82.9 Å². The van der Waals surface area contributed by atoms with Crippen molar-refractivity contribution >= 4 is 5.69 Å². The first kappa shape index (κ1) is 16.4. The van der Waals surface area contributed by atoms with Gasteiger partial charge in [0, 0.05) is 30.9 Å². The molecular weight excluding hydrogens is 256 g/mol. The van der Waals surface area contributed by atoms with Gasteiger partial charge in [0.2, 0.25) is 0 Å². The SMILES string of the molecule is CC1CNC(C(C)(C)C)CN1c1ccccc1C(C)(C)C. The van der Waals surface area contributed by atoms with Gasteiger partial charge < -0.3 is 10.2 Å². The Hall–Kier alpha value is -1.02. The lowest BCUT2D eigenvalue weighted by molar-refractivity contribution is 0.238. The van der Waals surface area contributed by atoms with Crippen LogP contribution in [0, 0.1) is 5.41 Å². The predicted molar refractivity (Wildman–Crippen MR) is 93.2 cm³/mol. The third-order valence-electron chi connectivity index (χ3n) is 4.64. The molecule has 1 heterocycles. The monoisotopic (exact) mass is 288 g/mol. The average molecular weight is 288 g/mol. The summed E-state index contributed by atoms with van der Waals surface area (Å²) < 4.78 is 0. The maximum absolute atomic E-state index is 3.73. The Labute approximate surface area is 130 Å². The highest BCUT2D eigenvalue weighted by Gasteiger charge is 2.34. The lowest BCUT2D eigenvalue weighted by Gasteiger charge is -2.46. The average Bonchev–Trinajstić information content (AvgIpc) is 2.37. The van der Waals surface area contributed by atoms with Crippen LogP contribution in [0.1, 0.15) is 54.0 Å². The van der Waals surface area contributed by atoms with E-state index in [1.807, 2.05) is 0 Å². The number of para-hydroxylation sites is 1. The van der Waals surface area contributed by atoms with E-state index in [4.69, 9.17) is 0 Å². The molecule has 0 bridgehead atoms. The summed E-state index contributed by atoms with van der Waals surface area (Å²) in [6, 6.07) is 9.98. The van der Waals surface area contributed by atoms with Gasteiger partial charge in [-0.3, -0.25) is 0 Å². The van der Waals surface area contributed by atoms with Crippen LogP contribution in [0.5, 0.6) is 0 Å². The molecule has 0 radical (unpaired) electrons. The van der Waals surface area contributed by atoms with Crippen molar-refractivity contribution < 1.29 is 0 Å². The molecule has 118 valence electrons. The smallest absolute Gasteiger partial charge is 0.0407 e. The Morgan fingerprint density at radius 3 is 2.24 bits per heavy atom. The number of anilines is 1. The van der Waals surface area contributed by atoms with Crippen molar-refractivity contribution in [3.05, 3.63) is 29.8 Å². The first-order valence-corrected chi connectivity index (χ1v) is 8.20. The Kier molecular flexibility index (Phi) is 4.39. The second-order valence-corrected chi connectivity index (χ2v) is 8.60. The molecule has 1 aliphatic heterocycles. The largest absolute Gasteiger partial charge is 0.366 e. The molecule has 1 saturated heterocycles. The van der Waals surface area contributed by atoms with E-state index in [1.165, 1.54) is 11.3 Å². The van der Waals surface area contributed by atoms with Crippen LogP contribution in [-0.4, -0.2) is 25.2 Å². The van der Waals surface area contributed by atoms with E-state index in [0.29, 0.717) is 12.1 Å². The van der Waals surface area contributed by atoms with E-state index in [0.717, 1.165) is 13.1 Å². The summed E-state index contributed by atoms with van der Waals surface area (Å²) in [6.45, 7) is 18.4. The van der Waals surface area contributed by atoms with Crippen molar-refractivity contribution in [3.63, 3.8) is 0 Å². The molecule has 2 heteroatoms. The maximum atomic E-state index is 3.73. The molecule has 0 spiro atoms. The summed E-state index contributed by atoms with van der Waals surface area (Å²) in [5.74, 6) is 0. The maximum Gasteiger partial charge on any atom is 0.0407 e. The van der Waals surface area contributed by atoms with Crippen molar-refractivity contribution in [1.29, 1.82) is 0 Å². The molecule has 2 rings (SSSR count). The Bertz CT molecular complexity index is 479. The summed E-state index contributed by atoms with van der Waals surface area (Å²) in [6.07, 6.45) is 0. The second kappa shape index (κ2) is 5.64. The zero-order valence-electron chi connectivity index (χ0n) is 14.8. The number of rotatable bonds is 1. The quantitative estimate of drug-likeness (QED) is 0.833. The number of benzene rings is 1. The molecule has 0 aromatic heterocycles. The summed E-state index contributed by atoms with van der Waals surface area (Å²) >= 11 is 0. The summed E-state index contributed by atoms with van der Waals surface area (Å²) in [4.78, 5) is 2.60. The van der Waals surface area contributed by atoms with Crippen molar-refractivity contribution in [2.75, 3.05) is 18.0 Å². The van der Waals surface area contributed by atoms with E-state index in [1.54, 1.807) is 0 Å². The van der Waals surface area contributed by atoms with Gasteiger partial charge in [-0.05, 0) is 29.4 Å². The van der Waals surface area contributed by atoms with Crippen LogP contribution >= 0.6 is 0 Å². The third kappa shape index (κ3) is 3.60. The summed E-state index contributed by atoms with van der Waals surface area (Å²) in [5, 5.41) is 3.73. The lowest BCUT2D eigenvalue weighted by Crippen LogP contribution is -2.60. The van der Waals surface area contributed by atoms with E-state index >= 15 is 0 Å². The predicted octanol–water partition coefficient (Wildman–Crippen LogP) is 4.20. The zero-order valence-corrected chi connectivity index (χ0v) is 14.8. The van der Waals surface area contributed by atoms with Gasteiger partial charge >= 0.3 is 0 Å². The van der Waals surface area contributed by atoms with Gasteiger partial charge in [-0.2, -0.15) is 0 Å². The Morgan fingerprint density at radius 1 is 1.05 bits per heavy atom. The van der Waals surface area contributed by atoms with E-state index < -0.39 is 0 Å². The topological polar surface area (TPSA) is 15.3 Å². The highest BCUT2D eigenvalue weighted by Crippen LogP contribution is 2.35. The van der Waals surface area contributed by atoms with Crippen LogP contribution in [0.15, 0.2) is 24.3 Å². The molecule has 1 aromatic rings. The molecule has 1 aliphatic rings. The van der Waals surface area contributed by atoms with Crippen molar-refractivity contribution in [2.24, 2.45) is 5.41 Å². The van der Waals surface area contributed by atoms with Gasteiger partial charge in [-0.25, -0.2) is 0 Å². The second-order valence-electron chi connectivity index (χ2n) is 8.60. The number of hydrogen-bond donors (Lipinski definition) is 1. The molecule has 1 aromatic carbocycles. The highest BCUT2D eigenvalue weighted by molar-refractivity contribution is 5.57. The number of nitrogens with zero attached hydrogens (tertiary/aromatic N) is 1. The fourth-order valence-corrected chi connectivity index (χ4v) is 3.14. The fourth-order valence-electron chi connectivity index (χ4n) is 3.14.